The minimum atomic E-state index is 0.0933. The fourth-order valence-corrected chi connectivity index (χ4v) is 5.87. The predicted molar refractivity (Wildman–Crippen MR) is 129 cm³/mol. The van der Waals surface area contributed by atoms with E-state index in [1.165, 1.54) is 11.1 Å². The van der Waals surface area contributed by atoms with Gasteiger partial charge in [-0.25, -0.2) is 9.97 Å². The van der Waals surface area contributed by atoms with Crippen molar-refractivity contribution in [3.63, 3.8) is 0 Å². The van der Waals surface area contributed by atoms with Crippen LogP contribution in [0.4, 0.5) is 5.82 Å². The second-order valence-electron chi connectivity index (χ2n) is 9.07. The summed E-state index contributed by atoms with van der Waals surface area (Å²) < 4.78 is 2.01. The Morgan fingerprint density at radius 3 is 2.70 bits per heavy atom. The van der Waals surface area contributed by atoms with E-state index in [-0.39, 0.29) is 11.5 Å². The van der Waals surface area contributed by atoms with Gasteiger partial charge in [0.1, 0.15) is 17.4 Å². The van der Waals surface area contributed by atoms with Crippen molar-refractivity contribution in [1.29, 1.82) is 5.26 Å². The molecule has 1 aliphatic heterocycles. The summed E-state index contributed by atoms with van der Waals surface area (Å²) >= 11 is 6.50. The lowest BCUT2D eigenvalue weighted by Crippen LogP contribution is -2.44. The van der Waals surface area contributed by atoms with Crippen molar-refractivity contribution in [3.8, 4) is 17.5 Å². The van der Waals surface area contributed by atoms with E-state index in [9.17, 15) is 5.26 Å². The first kappa shape index (κ1) is 20.2. The highest BCUT2D eigenvalue weighted by molar-refractivity contribution is 6.34. The zero-order chi connectivity index (χ0) is 22.6. The molecule has 164 valence electrons. The van der Waals surface area contributed by atoms with Gasteiger partial charge in [0, 0.05) is 37.1 Å². The molecular weight excluding hydrogens is 432 g/mol. The molecule has 6 nitrogen and oxygen atoms in total. The van der Waals surface area contributed by atoms with Gasteiger partial charge in [0.25, 0.3) is 0 Å². The number of benzene rings is 2. The number of nitrogens with zero attached hydrogens (tertiary/aromatic N) is 5. The smallest absolute Gasteiger partial charge is 0.154 e. The van der Waals surface area contributed by atoms with Gasteiger partial charge in [0.15, 0.2) is 5.82 Å². The largest absolute Gasteiger partial charge is 0.355 e. The topological polar surface area (TPSA) is 83.2 Å². The number of halogens is 1. The van der Waals surface area contributed by atoms with Crippen LogP contribution in [0.2, 0.25) is 5.02 Å². The molecule has 0 bridgehead atoms. The Balaban J connectivity index is 1.31. The Bertz CT molecular complexity index is 1410. The second-order valence-corrected chi connectivity index (χ2v) is 9.45. The summed E-state index contributed by atoms with van der Waals surface area (Å²) in [5, 5.41) is 9.76. The number of hydrogen-bond donors (Lipinski definition) is 1. The molecule has 1 fully saturated rings. The SMILES string of the molecule is N#Cc1cccc(-c2ncc3c(N4CCC5(CC4)Cc4ccccc4[C@H]5N)nccn23)c1Cl. The van der Waals surface area contributed by atoms with Gasteiger partial charge in [0.2, 0.25) is 0 Å². The van der Waals surface area contributed by atoms with E-state index in [4.69, 9.17) is 22.3 Å². The Kier molecular flexibility index (Phi) is 4.65. The zero-order valence-corrected chi connectivity index (χ0v) is 18.8. The number of aromatic nitrogens is 3. The van der Waals surface area contributed by atoms with Crippen LogP contribution in [0.15, 0.2) is 61.1 Å². The molecular formula is C26H23ClN6. The molecule has 1 atom stereocenters. The van der Waals surface area contributed by atoms with E-state index in [0.717, 1.165) is 49.2 Å². The Morgan fingerprint density at radius 2 is 1.91 bits per heavy atom. The van der Waals surface area contributed by atoms with E-state index in [0.29, 0.717) is 16.4 Å². The molecule has 6 rings (SSSR count). The van der Waals surface area contributed by atoms with Crippen LogP contribution < -0.4 is 10.6 Å². The lowest BCUT2D eigenvalue weighted by atomic mass is 9.73. The molecule has 33 heavy (non-hydrogen) atoms. The van der Waals surface area contributed by atoms with Crippen molar-refractivity contribution < 1.29 is 0 Å². The molecule has 3 heterocycles. The van der Waals surface area contributed by atoms with Crippen LogP contribution in [-0.2, 0) is 6.42 Å². The van der Waals surface area contributed by atoms with Crippen LogP contribution in [0.1, 0.15) is 35.6 Å². The normalized spacial score (nSPS) is 19.1. The number of piperidine rings is 1. The van der Waals surface area contributed by atoms with E-state index >= 15 is 0 Å². The van der Waals surface area contributed by atoms with Gasteiger partial charge < -0.3 is 10.6 Å². The van der Waals surface area contributed by atoms with Gasteiger partial charge in [-0.15, -0.1) is 0 Å². The molecule has 0 amide bonds. The van der Waals surface area contributed by atoms with Crippen molar-refractivity contribution >= 4 is 22.9 Å². The summed E-state index contributed by atoms with van der Waals surface area (Å²) in [6.07, 6.45) is 8.66. The van der Waals surface area contributed by atoms with E-state index in [1.54, 1.807) is 12.3 Å². The number of hydrogen-bond acceptors (Lipinski definition) is 5. The summed E-state index contributed by atoms with van der Waals surface area (Å²) in [4.78, 5) is 11.7. The standard InChI is InChI=1S/C26H23ClN6/c27-22-18(15-28)5-3-7-20(22)24-31-16-21-25(30-10-13-33(21)24)32-11-8-26(9-12-32)14-17-4-1-2-6-19(17)23(26)29/h1-7,10,13,16,23H,8-9,11-12,14,29H2/t23-/m1/s1. The molecule has 0 radical (unpaired) electrons. The van der Waals surface area contributed by atoms with Gasteiger partial charge in [-0.2, -0.15) is 5.26 Å². The molecule has 0 saturated carbocycles. The van der Waals surface area contributed by atoms with Gasteiger partial charge >= 0.3 is 0 Å². The van der Waals surface area contributed by atoms with Gasteiger partial charge in [-0.3, -0.25) is 4.40 Å². The first-order valence-electron chi connectivity index (χ1n) is 11.2. The summed E-state index contributed by atoms with van der Waals surface area (Å²) in [5.41, 5.74) is 11.7. The van der Waals surface area contributed by atoms with Crippen LogP contribution in [0, 0.1) is 16.7 Å². The van der Waals surface area contributed by atoms with Crippen LogP contribution in [0.5, 0.6) is 0 Å². The summed E-state index contributed by atoms with van der Waals surface area (Å²) in [7, 11) is 0. The molecule has 2 aromatic heterocycles. The van der Waals surface area contributed by atoms with E-state index < -0.39 is 0 Å². The fourth-order valence-electron chi connectivity index (χ4n) is 5.62. The molecule has 1 spiro atoms. The van der Waals surface area contributed by atoms with Crippen LogP contribution in [-0.4, -0.2) is 27.5 Å². The minimum absolute atomic E-state index is 0.0933. The minimum Gasteiger partial charge on any atom is -0.355 e. The number of anilines is 1. The van der Waals surface area contributed by atoms with E-state index in [1.807, 2.05) is 28.9 Å². The molecule has 1 saturated heterocycles. The highest BCUT2D eigenvalue weighted by atomic mass is 35.5. The van der Waals surface area contributed by atoms with Crippen molar-refractivity contribution in [2.75, 3.05) is 18.0 Å². The number of fused-ring (bicyclic) bond motifs is 2. The monoisotopic (exact) mass is 454 g/mol. The lowest BCUT2D eigenvalue weighted by Gasteiger charge is -2.42. The Hall–Kier alpha value is -3.40. The maximum absolute atomic E-state index is 9.34. The fraction of sp³-hybridized carbons (Fsp3) is 0.269. The second kappa shape index (κ2) is 7.58. The molecule has 7 heteroatoms. The third-order valence-electron chi connectivity index (χ3n) is 7.45. The van der Waals surface area contributed by atoms with Gasteiger partial charge in [-0.1, -0.05) is 41.9 Å². The molecule has 2 aromatic carbocycles. The van der Waals surface area contributed by atoms with Crippen LogP contribution >= 0.6 is 11.6 Å². The Labute approximate surface area is 197 Å². The van der Waals surface area contributed by atoms with Crippen LogP contribution in [0.25, 0.3) is 16.9 Å². The molecule has 1 aliphatic carbocycles. The zero-order valence-electron chi connectivity index (χ0n) is 18.1. The van der Waals surface area contributed by atoms with Gasteiger partial charge in [-0.05, 0) is 47.9 Å². The quantitative estimate of drug-likeness (QED) is 0.472. The first-order valence-corrected chi connectivity index (χ1v) is 11.6. The maximum atomic E-state index is 9.34. The number of nitrogens with two attached hydrogens (primary N) is 1. The number of imidazole rings is 1. The number of rotatable bonds is 2. The van der Waals surface area contributed by atoms with Crippen molar-refractivity contribution in [2.24, 2.45) is 11.1 Å². The highest BCUT2D eigenvalue weighted by Crippen LogP contribution is 2.51. The van der Waals surface area contributed by atoms with Crippen molar-refractivity contribution in [1.82, 2.24) is 14.4 Å². The van der Waals surface area contributed by atoms with E-state index in [2.05, 4.69) is 40.2 Å². The molecule has 4 aromatic rings. The third-order valence-corrected chi connectivity index (χ3v) is 7.86. The predicted octanol–water partition coefficient (Wildman–Crippen LogP) is 4.76. The Morgan fingerprint density at radius 1 is 1.09 bits per heavy atom. The summed E-state index contributed by atoms with van der Waals surface area (Å²) in [5.74, 6) is 1.63. The van der Waals surface area contributed by atoms with Gasteiger partial charge in [0.05, 0.1) is 16.8 Å². The summed E-state index contributed by atoms with van der Waals surface area (Å²) in [6.45, 7) is 1.80. The number of nitriles is 1. The van der Waals surface area contributed by atoms with Crippen molar-refractivity contribution in [3.05, 3.63) is 82.8 Å². The summed E-state index contributed by atoms with van der Waals surface area (Å²) in [6, 6.07) is 16.3. The first-order chi connectivity index (χ1) is 16.1. The van der Waals surface area contributed by atoms with Crippen molar-refractivity contribution in [2.45, 2.75) is 25.3 Å². The maximum Gasteiger partial charge on any atom is 0.154 e. The average Bonchev–Trinajstić information content (AvgIpc) is 3.39. The molecule has 2 aliphatic rings. The third kappa shape index (κ3) is 3.04. The lowest BCUT2D eigenvalue weighted by molar-refractivity contribution is 0.187. The highest BCUT2D eigenvalue weighted by Gasteiger charge is 2.46. The average molecular weight is 455 g/mol. The van der Waals surface area contributed by atoms with Crippen LogP contribution in [0.3, 0.4) is 0 Å². The molecule has 2 N–H and O–H groups in total. The molecule has 0 unspecified atom stereocenters.